The lowest BCUT2D eigenvalue weighted by molar-refractivity contribution is 0.0924. The number of terminal acetylenes is 1. The molecule has 44 heavy (non-hydrogen) atoms. The zero-order valence-electron chi connectivity index (χ0n) is 24.8. The molecule has 0 spiro atoms. The molecule has 2 bridgehead atoms. The zero-order chi connectivity index (χ0) is 30.4. The molecule has 4 aromatic rings. The summed E-state index contributed by atoms with van der Waals surface area (Å²) in [4.78, 5) is 18.6. The van der Waals surface area contributed by atoms with E-state index < -0.39 is 11.6 Å². The molecule has 10 heteroatoms. The van der Waals surface area contributed by atoms with Crippen LogP contribution in [0.2, 0.25) is 0 Å². The third-order valence-electron chi connectivity index (χ3n) is 9.25. The molecule has 2 N–H and O–H groups in total. The highest BCUT2D eigenvalue weighted by Crippen LogP contribution is 2.39. The molecular formula is C34H36F2N6O2. The summed E-state index contributed by atoms with van der Waals surface area (Å²) in [5, 5.41) is 15.4. The number of benzene rings is 2. The number of aromatic nitrogens is 3. The summed E-state index contributed by atoms with van der Waals surface area (Å²) in [6.07, 6.45) is 13.4. The van der Waals surface area contributed by atoms with E-state index in [1.54, 1.807) is 6.20 Å². The van der Waals surface area contributed by atoms with Gasteiger partial charge in [0.1, 0.15) is 34.7 Å². The highest BCUT2D eigenvalue weighted by molar-refractivity contribution is 6.03. The van der Waals surface area contributed by atoms with Gasteiger partial charge in [0.05, 0.1) is 10.9 Å². The molecule has 0 aliphatic carbocycles. The van der Waals surface area contributed by atoms with Gasteiger partial charge in [0.15, 0.2) is 5.82 Å². The van der Waals surface area contributed by atoms with Gasteiger partial charge in [0.25, 0.3) is 0 Å². The van der Waals surface area contributed by atoms with Gasteiger partial charge in [0.2, 0.25) is 0 Å². The maximum atomic E-state index is 16.7. The lowest BCUT2D eigenvalue weighted by atomic mass is 9.96. The average molecular weight is 599 g/mol. The Kier molecular flexibility index (Phi) is 7.69. The molecule has 0 saturated carbocycles. The first-order valence-electron chi connectivity index (χ1n) is 15.6. The topological polar surface area (TPSA) is 86.6 Å². The van der Waals surface area contributed by atoms with Gasteiger partial charge < -0.3 is 25.0 Å². The van der Waals surface area contributed by atoms with E-state index in [1.807, 2.05) is 0 Å². The number of likely N-dealkylation sites (tertiary alicyclic amines) is 1. The van der Waals surface area contributed by atoms with Crippen LogP contribution in [0.1, 0.15) is 51.0 Å². The molecule has 0 amide bonds. The Bertz CT molecular complexity index is 1760. The van der Waals surface area contributed by atoms with Crippen LogP contribution in [0.4, 0.5) is 14.6 Å². The summed E-state index contributed by atoms with van der Waals surface area (Å²) in [5.74, 6) is 1.56. The summed E-state index contributed by atoms with van der Waals surface area (Å²) < 4.78 is 37.9. The standard InChI is InChI=1S/C34H36F2N6O2/c1-3-5-12-41-13-10-24(11-14-41)44-34-39-32-27(33(40-34)42-18-21-7-8-22(19-42)38-21)17-37-31(30(32)36)26-16-23(43)15-20-6-9-28(35)25(4-2)29(20)26/h2,6,9,15-17,21-22,24,38,43H,3,5,7-8,10-14,18-19H2,1H3. The normalized spacial score (nSPS) is 20.8. The van der Waals surface area contributed by atoms with Crippen LogP contribution in [0, 0.1) is 24.0 Å². The number of halogens is 2. The Morgan fingerprint density at radius 3 is 2.59 bits per heavy atom. The molecule has 0 radical (unpaired) electrons. The van der Waals surface area contributed by atoms with Gasteiger partial charge in [-0.15, -0.1) is 6.42 Å². The molecule has 3 aliphatic heterocycles. The van der Waals surface area contributed by atoms with Crippen molar-refractivity contribution in [1.29, 1.82) is 0 Å². The fourth-order valence-corrected chi connectivity index (χ4v) is 7.01. The third-order valence-corrected chi connectivity index (χ3v) is 9.25. The Morgan fingerprint density at radius 1 is 1.09 bits per heavy atom. The monoisotopic (exact) mass is 598 g/mol. The minimum Gasteiger partial charge on any atom is -0.508 e. The number of anilines is 1. The molecule has 3 aliphatic rings. The number of nitrogens with one attached hydrogen (secondary N) is 1. The van der Waals surface area contributed by atoms with Gasteiger partial charge in [-0.25, -0.2) is 8.78 Å². The number of fused-ring (bicyclic) bond motifs is 4. The molecule has 3 saturated heterocycles. The molecule has 5 heterocycles. The first-order chi connectivity index (χ1) is 21.4. The van der Waals surface area contributed by atoms with E-state index in [1.165, 1.54) is 30.7 Å². The van der Waals surface area contributed by atoms with Gasteiger partial charge in [0, 0.05) is 55.4 Å². The van der Waals surface area contributed by atoms with E-state index in [0.717, 1.165) is 64.8 Å². The molecule has 2 aromatic heterocycles. The Balaban J connectivity index is 1.33. The van der Waals surface area contributed by atoms with Crippen molar-refractivity contribution in [3.05, 3.63) is 47.7 Å². The number of phenolic OH excluding ortho intramolecular Hbond substituents is 1. The number of pyridine rings is 1. The van der Waals surface area contributed by atoms with Crippen molar-refractivity contribution in [3.63, 3.8) is 0 Å². The van der Waals surface area contributed by atoms with E-state index in [0.29, 0.717) is 34.1 Å². The van der Waals surface area contributed by atoms with Crippen molar-refractivity contribution >= 4 is 27.5 Å². The van der Waals surface area contributed by atoms with Crippen molar-refractivity contribution in [2.75, 3.05) is 37.6 Å². The molecular weight excluding hydrogens is 562 g/mol. The first-order valence-corrected chi connectivity index (χ1v) is 15.6. The number of nitrogens with zero attached hydrogens (tertiary/aromatic N) is 5. The average Bonchev–Trinajstić information content (AvgIpc) is 3.37. The minimum absolute atomic E-state index is 0.0206. The summed E-state index contributed by atoms with van der Waals surface area (Å²) in [7, 11) is 0. The van der Waals surface area contributed by atoms with Crippen molar-refractivity contribution < 1.29 is 18.6 Å². The van der Waals surface area contributed by atoms with Gasteiger partial charge in [-0.3, -0.25) is 4.98 Å². The van der Waals surface area contributed by atoms with Crippen LogP contribution in [0.3, 0.4) is 0 Å². The number of rotatable bonds is 7. The summed E-state index contributed by atoms with van der Waals surface area (Å²) >= 11 is 0. The van der Waals surface area contributed by atoms with Crippen molar-refractivity contribution in [1.82, 2.24) is 25.2 Å². The van der Waals surface area contributed by atoms with Crippen LogP contribution in [0.5, 0.6) is 11.8 Å². The van der Waals surface area contributed by atoms with Crippen LogP contribution >= 0.6 is 0 Å². The van der Waals surface area contributed by atoms with Gasteiger partial charge >= 0.3 is 6.01 Å². The van der Waals surface area contributed by atoms with Crippen molar-refractivity contribution in [2.45, 2.75) is 63.6 Å². The van der Waals surface area contributed by atoms with Crippen LogP contribution in [0.25, 0.3) is 32.9 Å². The summed E-state index contributed by atoms with van der Waals surface area (Å²) in [6.45, 7) is 6.64. The van der Waals surface area contributed by atoms with Gasteiger partial charge in [-0.1, -0.05) is 25.3 Å². The Morgan fingerprint density at radius 2 is 1.86 bits per heavy atom. The smallest absolute Gasteiger partial charge is 0.319 e. The summed E-state index contributed by atoms with van der Waals surface area (Å²) in [5.41, 5.74) is 0.152. The number of hydrogen-bond donors (Lipinski definition) is 2. The molecule has 228 valence electrons. The van der Waals surface area contributed by atoms with E-state index in [2.05, 4.69) is 37.9 Å². The second-order valence-corrected chi connectivity index (χ2v) is 12.2. The number of unbranched alkanes of at least 4 members (excludes halogenated alkanes) is 1. The maximum Gasteiger partial charge on any atom is 0.319 e. The van der Waals surface area contributed by atoms with Crippen molar-refractivity contribution in [2.24, 2.45) is 0 Å². The third kappa shape index (κ3) is 5.29. The predicted octanol–water partition coefficient (Wildman–Crippen LogP) is 5.39. The second kappa shape index (κ2) is 11.8. The number of aromatic hydroxyl groups is 1. The number of hydrogen-bond acceptors (Lipinski definition) is 8. The van der Waals surface area contributed by atoms with Gasteiger partial charge in [-0.05, 0) is 62.2 Å². The largest absolute Gasteiger partial charge is 0.508 e. The predicted molar refractivity (Wildman–Crippen MR) is 167 cm³/mol. The second-order valence-electron chi connectivity index (χ2n) is 12.2. The number of piperidine rings is 1. The lowest BCUT2D eigenvalue weighted by Crippen LogP contribution is -2.51. The van der Waals surface area contributed by atoms with Crippen LogP contribution in [-0.2, 0) is 0 Å². The van der Waals surface area contributed by atoms with Crippen LogP contribution in [-0.4, -0.2) is 75.9 Å². The van der Waals surface area contributed by atoms with E-state index in [-0.39, 0.29) is 40.2 Å². The number of ether oxygens (including phenoxy) is 1. The molecule has 2 aromatic carbocycles. The van der Waals surface area contributed by atoms with E-state index in [4.69, 9.17) is 16.1 Å². The molecule has 8 nitrogen and oxygen atoms in total. The molecule has 2 unspecified atom stereocenters. The quantitative estimate of drug-likeness (QED) is 0.274. The highest BCUT2D eigenvalue weighted by Gasteiger charge is 2.34. The van der Waals surface area contributed by atoms with E-state index >= 15 is 4.39 Å². The zero-order valence-corrected chi connectivity index (χ0v) is 24.8. The Labute approximate surface area is 255 Å². The molecule has 7 rings (SSSR count). The number of piperazine rings is 1. The van der Waals surface area contributed by atoms with E-state index in [9.17, 15) is 9.50 Å². The number of phenols is 1. The SMILES string of the molecule is C#Cc1c(F)ccc2cc(O)cc(-c3ncc4c(N5CC6CCC(C5)N6)nc(OC5CCN(CCCC)CC5)nc4c3F)c12. The van der Waals surface area contributed by atoms with Gasteiger partial charge in [-0.2, -0.15) is 9.97 Å². The van der Waals surface area contributed by atoms with Crippen LogP contribution in [0.15, 0.2) is 30.5 Å². The highest BCUT2D eigenvalue weighted by atomic mass is 19.1. The fourth-order valence-electron chi connectivity index (χ4n) is 7.01. The maximum absolute atomic E-state index is 16.7. The molecule has 2 atom stereocenters. The fraction of sp³-hybridized carbons (Fsp3) is 0.441. The first kappa shape index (κ1) is 28.7. The van der Waals surface area contributed by atoms with Crippen molar-refractivity contribution in [3.8, 4) is 35.4 Å². The Hall–Kier alpha value is -4.07. The lowest BCUT2D eigenvalue weighted by Gasteiger charge is -2.35. The minimum atomic E-state index is -0.706. The molecule has 3 fully saturated rings. The summed E-state index contributed by atoms with van der Waals surface area (Å²) in [6, 6.07) is 6.38. The van der Waals surface area contributed by atoms with Crippen LogP contribution < -0.4 is 15.0 Å².